The molecule has 0 saturated carbocycles. The predicted molar refractivity (Wildman–Crippen MR) is 142 cm³/mol. The number of hydrogen-bond donors (Lipinski definition) is 1. The van der Waals surface area contributed by atoms with Crippen molar-refractivity contribution in [3.05, 3.63) is 83.5 Å². The summed E-state index contributed by atoms with van der Waals surface area (Å²) in [5, 5.41) is 10.3. The Labute approximate surface area is 222 Å². The molecule has 0 aliphatic carbocycles. The molecule has 1 N–H and O–H groups in total. The second-order valence-corrected chi connectivity index (χ2v) is 9.50. The molecular weight excluding hydrogens is 516 g/mol. The third-order valence-corrected chi connectivity index (χ3v) is 6.94. The van der Waals surface area contributed by atoms with E-state index in [1.54, 1.807) is 51.1 Å². The lowest BCUT2D eigenvalue weighted by Crippen LogP contribution is -2.39. The predicted octanol–water partition coefficient (Wildman–Crippen LogP) is 3.95. The van der Waals surface area contributed by atoms with Crippen molar-refractivity contribution in [2.24, 2.45) is 4.99 Å². The Morgan fingerprint density at radius 2 is 1.84 bits per heavy atom. The van der Waals surface area contributed by atoms with Crippen molar-refractivity contribution >= 4 is 35.0 Å². The van der Waals surface area contributed by atoms with Gasteiger partial charge in [-0.3, -0.25) is 9.36 Å². The number of halogens is 1. The first kappa shape index (κ1) is 26.5. The number of nitrogens with zero attached hydrogens (tertiary/aromatic N) is 2. The number of esters is 1. The second kappa shape index (κ2) is 11.2. The van der Waals surface area contributed by atoms with Crippen molar-refractivity contribution in [1.82, 2.24) is 4.57 Å². The first-order valence-corrected chi connectivity index (χ1v) is 13.1. The summed E-state index contributed by atoms with van der Waals surface area (Å²) in [6.45, 7) is 8.21. The lowest BCUT2D eigenvalue weighted by Gasteiger charge is -2.24. The minimum atomic E-state index is -0.726. The number of carbonyl (C=O) groups excluding carboxylic acids is 1. The van der Waals surface area contributed by atoms with E-state index < -0.39 is 12.0 Å². The number of benzene rings is 2. The number of aromatic nitrogens is 1. The molecule has 0 bridgehead atoms. The van der Waals surface area contributed by atoms with Crippen LogP contribution >= 0.6 is 22.9 Å². The average molecular weight is 543 g/mol. The first-order valence-electron chi connectivity index (χ1n) is 11.9. The van der Waals surface area contributed by atoms with Crippen molar-refractivity contribution in [2.75, 3.05) is 19.8 Å². The first-order chi connectivity index (χ1) is 17.8. The van der Waals surface area contributed by atoms with Gasteiger partial charge in [0.2, 0.25) is 0 Å². The number of phenolic OH excluding ortho intramolecular Hbond substituents is 1. The zero-order valence-electron chi connectivity index (χ0n) is 20.9. The van der Waals surface area contributed by atoms with E-state index in [4.69, 9.17) is 25.8 Å². The summed E-state index contributed by atoms with van der Waals surface area (Å²) >= 11 is 7.38. The van der Waals surface area contributed by atoms with Crippen LogP contribution in [0, 0.1) is 0 Å². The highest BCUT2D eigenvalue weighted by atomic mass is 35.5. The summed E-state index contributed by atoms with van der Waals surface area (Å²) in [6, 6.07) is 9.72. The molecule has 3 aromatic rings. The summed E-state index contributed by atoms with van der Waals surface area (Å²) in [6.07, 6.45) is 1.66. The van der Waals surface area contributed by atoms with Crippen LogP contribution in [0.3, 0.4) is 0 Å². The monoisotopic (exact) mass is 542 g/mol. The minimum absolute atomic E-state index is 0.109. The molecule has 1 aliphatic rings. The van der Waals surface area contributed by atoms with Crippen LogP contribution in [0.4, 0.5) is 0 Å². The van der Waals surface area contributed by atoms with Gasteiger partial charge in [0.15, 0.2) is 16.3 Å². The average Bonchev–Trinajstić information content (AvgIpc) is 3.16. The molecule has 37 heavy (non-hydrogen) atoms. The van der Waals surface area contributed by atoms with E-state index in [9.17, 15) is 14.7 Å². The molecule has 2 aromatic carbocycles. The topological polar surface area (TPSA) is 99.4 Å². The zero-order valence-corrected chi connectivity index (χ0v) is 22.5. The minimum Gasteiger partial charge on any atom is -0.503 e. The molecular formula is C27H27ClN2O6S. The maximum atomic E-state index is 13.7. The van der Waals surface area contributed by atoms with Gasteiger partial charge in [0.1, 0.15) is 5.75 Å². The van der Waals surface area contributed by atoms with Crippen molar-refractivity contribution in [3.63, 3.8) is 0 Å². The number of hydrogen-bond acceptors (Lipinski definition) is 8. The van der Waals surface area contributed by atoms with Gasteiger partial charge in [0, 0.05) is 0 Å². The van der Waals surface area contributed by atoms with Crippen molar-refractivity contribution in [2.45, 2.75) is 33.7 Å². The maximum absolute atomic E-state index is 13.7. The van der Waals surface area contributed by atoms with E-state index in [1.807, 2.05) is 19.1 Å². The Hall–Kier alpha value is -3.56. The number of ether oxygens (including phenoxy) is 3. The van der Waals surface area contributed by atoms with E-state index in [1.165, 1.54) is 15.9 Å². The standard InChI is InChI=1S/C27H27ClN2O6S/c1-5-34-18-10-8-17(9-11-18)23-22(26(33)36-7-3)15(4)29-27-30(23)25(32)21(37-27)14-16-12-19(28)24(31)20(13-16)35-6-2/h8-14,23,31H,5-7H2,1-4H3/b21-14-. The van der Waals surface area contributed by atoms with E-state index in [2.05, 4.69) is 4.99 Å². The Morgan fingerprint density at radius 1 is 1.14 bits per heavy atom. The fourth-order valence-corrected chi connectivity index (χ4v) is 5.38. The summed E-state index contributed by atoms with van der Waals surface area (Å²) in [7, 11) is 0. The number of allylic oxidation sites excluding steroid dienone is 1. The lowest BCUT2D eigenvalue weighted by atomic mass is 9.96. The van der Waals surface area contributed by atoms with Gasteiger partial charge in [-0.2, -0.15) is 0 Å². The molecule has 0 fully saturated rings. The van der Waals surface area contributed by atoms with Crippen molar-refractivity contribution < 1.29 is 24.1 Å². The molecule has 0 saturated heterocycles. The van der Waals surface area contributed by atoms with Gasteiger partial charge in [-0.25, -0.2) is 9.79 Å². The smallest absolute Gasteiger partial charge is 0.338 e. The lowest BCUT2D eigenvalue weighted by molar-refractivity contribution is -0.139. The molecule has 1 aromatic heterocycles. The van der Waals surface area contributed by atoms with E-state index in [0.29, 0.717) is 45.1 Å². The maximum Gasteiger partial charge on any atom is 0.338 e. The van der Waals surface area contributed by atoms with E-state index >= 15 is 0 Å². The van der Waals surface area contributed by atoms with Crippen LogP contribution in [0.5, 0.6) is 17.2 Å². The van der Waals surface area contributed by atoms with E-state index in [0.717, 1.165) is 5.56 Å². The number of thiazole rings is 1. The van der Waals surface area contributed by atoms with Crippen molar-refractivity contribution in [3.8, 4) is 17.2 Å². The number of rotatable bonds is 8. The number of carbonyl (C=O) groups is 1. The molecule has 1 aliphatic heterocycles. The van der Waals surface area contributed by atoms with Crippen LogP contribution < -0.4 is 24.4 Å². The van der Waals surface area contributed by atoms with Crippen LogP contribution in [0.25, 0.3) is 6.08 Å². The third-order valence-electron chi connectivity index (χ3n) is 5.67. The molecule has 4 rings (SSSR count). The zero-order chi connectivity index (χ0) is 26.7. The van der Waals surface area contributed by atoms with Gasteiger partial charge in [-0.1, -0.05) is 35.1 Å². The van der Waals surface area contributed by atoms with Crippen LogP contribution in [-0.2, 0) is 9.53 Å². The molecule has 194 valence electrons. The Balaban J connectivity index is 1.91. The van der Waals surface area contributed by atoms with Crippen LogP contribution in [0.2, 0.25) is 5.02 Å². The highest BCUT2D eigenvalue weighted by Crippen LogP contribution is 2.35. The molecule has 0 amide bonds. The quantitative estimate of drug-likeness (QED) is 0.433. The largest absolute Gasteiger partial charge is 0.503 e. The third kappa shape index (κ3) is 5.28. The van der Waals surface area contributed by atoms with Gasteiger partial charge >= 0.3 is 5.97 Å². The summed E-state index contributed by atoms with van der Waals surface area (Å²) < 4.78 is 18.3. The highest BCUT2D eigenvalue weighted by Gasteiger charge is 2.33. The van der Waals surface area contributed by atoms with Gasteiger partial charge in [0.25, 0.3) is 5.56 Å². The Bertz CT molecular complexity index is 1540. The molecule has 1 atom stereocenters. The molecule has 2 heterocycles. The number of fused-ring (bicyclic) bond motifs is 1. The van der Waals surface area contributed by atoms with Crippen molar-refractivity contribution in [1.29, 1.82) is 0 Å². The number of aromatic hydroxyl groups is 1. The SMILES string of the molecule is CCOC(=O)C1=C(C)N=c2s/c(=C\c3cc(Cl)c(O)c(OCC)c3)c(=O)n2C1c1ccc(OCC)cc1. The van der Waals surface area contributed by atoms with Crippen LogP contribution in [0.1, 0.15) is 44.9 Å². The number of phenols is 1. The van der Waals surface area contributed by atoms with Crippen LogP contribution in [-0.4, -0.2) is 35.5 Å². The molecule has 10 heteroatoms. The molecule has 0 radical (unpaired) electrons. The fraction of sp³-hybridized carbons (Fsp3) is 0.296. The van der Waals surface area contributed by atoms with Crippen LogP contribution in [0.15, 0.2) is 57.5 Å². The van der Waals surface area contributed by atoms with Gasteiger partial charge < -0.3 is 19.3 Å². The Kier molecular flexibility index (Phi) is 8.04. The summed E-state index contributed by atoms with van der Waals surface area (Å²) in [5.41, 5.74) is 1.77. The second-order valence-electron chi connectivity index (χ2n) is 8.09. The molecule has 1 unspecified atom stereocenters. The fourth-order valence-electron chi connectivity index (χ4n) is 4.11. The summed E-state index contributed by atoms with van der Waals surface area (Å²) in [5.74, 6) is 0.226. The van der Waals surface area contributed by atoms with E-state index in [-0.39, 0.29) is 28.7 Å². The van der Waals surface area contributed by atoms with Gasteiger partial charge in [0.05, 0.1) is 46.7 Å². The highest BCUT2D eigenvalue weighted by molar-refractivity contribution is 7.07. The van der Waals surface area contributed by atoms with Gasteiger partial charge in [-0.15, -0.1) is 0 Å². The molecule has 0 spiro atoms. The van der Waals surface area contributed by atoms with Gasteiger partial charge in [-0.05, 0) is 69.2 Å². The molecule has 8 nitrogen and oxygen atoms in total. The summed E-state index contributed by atoms with van der Waals surface area (Å²) in [4.78, 5) is 31.8. The normalized spacial score (nSPS) is 15.3. The Morgan fingerprint density at radius 3 is 2.49 bits per heavy atom.